The van der Waals surface area contributed by atoms with E-state index in [-0.39, 0.29) is 11.6 Å². The topological polar surface area (TPSA) is 76.6 Å². The Kier molecular flexibility index (Phi) is 4.95. The number of amides is 1. The molecule has 0 saturated heterocycles. The summed E-state index contributed by atoms with van der Waals surface area (Å²) in [6.45, 7) is 2.51. The molecule has 3 rings (SSSR count). The van der Waals surface area contributed by atoms with Crippen LogP contribution in [-0.2, 0) is 13.1 Å². The second-order valence-electron chi connectivity index (χ2n) is 5.63. The molecule has 0 radical (unpaired) electrons. The summed E-state index contributed by atoms with van der Waals surface area (Å²) in [6.07, 6.45) is 3.18. The zero-order valence-electron chi connectivity index (χ0n) is 13.5. The van der Waals surface area contributed by atoms with Crippen LogP contribution in [0.25, 0.3) is 0 Å². The average Bonchev–Trinajstić information content (AvgIpc) is 3.27. The molecule has 0 aliphatic heterocycles. The van der Waals surface area contributed by atoms with Crippen LogP contribution in [0.4, 0.5) is 5.69 Å². The van der Waals surface area contributed by atoms with Gasteiger partial charge in [0.25, 0.3) is 11.6 Å². The first-order valence-corrected chi connectivity index (χ1v) is 8.50. The SMILES string of the molecule is Cc1cc(C(=O)N(Cc2ccoc2)Cc2cccs2)ccc1[N+](=O)[O-]. The molecule has 0 saturated carbocycles. The van der Waals surface area contributed by atoms with Crippen LogP contribution in [0.2, 0.25) is 0 Å². The summed E-state index contributed by atoms with van der Waals surface area (Å²) >= 11 is 1.58. The first kappa shape index (κ1) is 16.9. The van der Waals surface area contributed by atoms with E-state index in [9.17, 15) is 14.9 Å². The van der Waals surface area contributed by atoms with Crippen LogP contribution in [-0.4, -0.2) is 15.7 Å². The van der Waals surface area contributed by atoms with Crippen molar-refractivity contribution in [1.29, 1.82) is 0 Å². The molecule has 2 aromatic heterocycles. The maximum Gasteiger partial charge on any atom is 0.272 e. The lowest BCUT2D eigenvalue weighted by Gasteiger charge is -2.22. The van der Waals surface area contributed by atoms with Crippen molar-refractivity contribution in [2.75, 3.05) is 0 Å². The van der Waals surface area contributed by atoms with Crippen LogP contribution in [0.15, 0.2) is 58.7 Å². The van der Waals surface area contributed by atoms with Crippen molar-refractivity contribution in [1.82, 2.24) is 4.90 Å². The molecule has 128 valence electrons. The number of thiophene rings is 1. The molecule has 2 heterocycles. The highest BCUT2D eigenvalue weighted by Crippen LogP contribution is 2.22. The quantitative estimate of drug-likeness (QED) is 0.484. The number of hydrogen-bond donors (Lipinski definition) is 0. The minimum atomic E-state index is -0.446. The van der Waals surface area contributed by atoms with Crippen LogP contribution in [0.5, 0.6) is 0 Å². The van der Waals surface area contributed by atoms with Gasteiger partial charge in [0.1, 0.15) is 0 Å². The Morgan fingerprint density at radius 3 is 2.72 bits per heavy atom. The molecule has 6 nitrogen and oxygen atoms in total. The number of aryl methyl sites for hydroxylation is 1. The molecule has 0 N–H and O–H groups in total. The molecule has 1 amide bonds. The van der Waals surface area contributed by atoms with Gasteiger partial charge in [0.05, 0.1) is 24.0 Å². The van der Waals surface area contributed by atoms with Gasteiger partial charge >= 0.3 is 0 Å². The third-order valence-electron chi connectivity index (χ3n) is 3.81. The highest BCUT2D eigenvalue weighted by atomic mass is 32.1. The maximum absolute atomic E-state index is 13.0. The number of hydrogen-bond acceptors (Lipinski definition) is 5. The monoisotopic (exact) mass is 356 g/mol. The summed E-state index contributed by atoms with van der Waals surface area (Å²) in [6, 6.07) is 10.2. The Morgan fingerprint density at radius 2 is 2.12 bits per heavy atom. The van der Waals surface area contributed by atoms with E-state index >= 15 is 0 Å². The van der Waals surface area contributed by atoms with E-state index in [1.165, 1.54) is 12.1 Å². The lowest BCUT2D eigenvalue weighted by atomic mass is 10.1. The number of nitrogens with zero attached hydrogens (tertiary/aromatic N) is 2. The minimum absolute atomic E-state index is 0.0104. The van der Waals surface area contributed by atoms with Crippen LogP contribution < -0.4 is 0 Å². The zero-order valence-corrected chi connectivity index (χ0v) is 14.4. The average molecular weight is 356 g/mol. The number of rotatable bonds is 6. The third-order valence-corrected chi connectivity index (χ3v) is 4.67. The first-order chi connectivity index (χ1) is 12.0. The Bertz CT molecular complexity index is 836. The molecule has 0 aliphatic carbocycles. The second-order valence-corrected chi connectivity index (χ2v) is 6.66. The van der Waals surface area contributed by atoms with Gasteiger partial charge in [-0.05, 0) is 36.6 Å². The van der Waals surface area contributed by atoms with Gasteiger partial charge in [0, 0.05) is 34.2 Å². The molecule has 0 fully saturated rings. The number of benzene rings is 1. The van der Waals surface area contributed by atoms with Crippen LogP contribution in [0, 0.1) is 17.0 Å². The number of carbonyl (C=O) groups is 1. The molecule has 0 atom stereocenters. The lowest BCUT2D eigenvalue weighted by Crippen LogP contribution is -2.29. The largest absolute Gasteiger partial charge is 0.472 e. The first-order valence-electron chi connectivity index (χ1n) is 7.62. The van der Waals surface area contributed by atoms with E-state index in [1.807, 2.05) is 23.6 Å². The molecule has 0 aliphatic rings. The molecule has 0 spiro atoms. The summed E-state index contributed by atoms with van der Waals surface area (Å²) < 4.78 is 5.09. The van der Waals surface area contributed by atoms with Crippen molar-refractivity contribution in [3.8, 4) is 0 Å². The fourth-order valence-electron chi connectivity index (χ4n) is 2.57. The fraction of sp³-hybridized carbons (Fsp3) is 0.167. The summed E-state index contributed by atoms with van der Waals surface area (Å²) in [5.41, 5.74) is 1.80. The summed E-state index contributed by atoms with van der Waals surface area (Å²) in [4.78, 5) is 26.2. The fourth-order valence-corrected chi connectivity index (χ4v) is 3.29. The molecular formula is C18H16N2O4S. The highest BCUT2D eigenvalue weighted by Gasteiger charge is 2.20. The molecule has 3 aromatic rings. The van der Waals surface area contributed by atoms with Crippen molar-refractivity contribution >= 4 is 22.9 Å². The van der Waals surface area contributed by atoms with Gasteiger partial charge in [0.15, 0.2) is 0 Å². The second kappa shape index (κ2) is 7.31. The zero-order chi connectivity index (χ0) is 17.8. The standard InChI is InChI=1S/C18H16N2O4S/c1-13-9-15(4-5-17(13)20(22)23)18(21)19(10-14-6-7-24-12-14)11-16-3-2-8-25-16/h2-9,12H,10-11H2,1H3. The number of nitro groups is 1. The predicted octanol–water partition coefficient (Wildman–Crippen LogP) is 4.40. The molecule has 0 bridgehead atoms. The smallest absolute Gasteiger partial charge is 0.272 e. The maximum atomic E-state index is 13.0. The number of carbonyl (C=O) groups excluding carboxylic acids is 1. The van der Waals surface area contributed by atoms with Crippen LogP contribution in [0.3, 0.4) is 0 Å². The van der Waals surface area contributed by atoms with Gasteiger partial charge in [-0.2, -0.15) is 0 Å². The Balaban J connectivity index is 1.87. The minimum Gasteiger partial charge on any atom is -0.472 e. The molecular weight excluding hydrogens is 340 g/mol. The van der Waals surface area contributed by atoms with Gasteiger partial charge in [0.2, 0.25) is 0 Å². The molecule has 25 heavy (non-hydrogen) atoms. The van der Waals surface area contributed by atoms with Crippen LogP contribution in [0.1, 0.15) is 26.4 Å². The highest BCUT2D eigenvalue weighted by molar-refractivity contribution is 7.09. The van der Waals surface area contributed by atoms with E-state index in [4.69, 9.17) is 4.42 Å². The van der Waals surface area contributed by atoms with E-state index < -0.39 is 4.92 Å². The van der Waals surface area contributed by atoms with Gasteiger partial charge in [-0.15, -0.1) is 11.3 Å². The van der Waals surface area contributed by atoms with E-state index in [1.54, 1.807) is 41.8 Å². The van der Waals surface area contributed by atoms with Crippen molar-refractivity contribution in [2.24, 2.45) is 0 Å². The van der Waals surface area contributed by atoms with Gasteiger partial charge < -0.3 is 9.32 Å². The molecule has 7 heteroatoms. The Morgan fingerprint density at radius 1 is 1.28 bits per heavy atom. The summed E-state index contributed by atoms with van der Waals surface area (Å²) in [7, 11) is 0. The van der Waals surface area contributed by atoms with E-state index in [0.717, 1.165) is 10.4 Å². The summed E-state index contributed by atoms with van der Waals surface area (Å²) in [5, 5.41) is 12.9. The van der Waals surface area contributed by atoms with Crippen molar-refractivity contribution in [3.63, 3.8) is 0 Å². The normalized spacial score (nSPS) is 10.6. The Labute approximate surface area is 148 Å². The van der Waals surface area contributed by atoms with Crippen molar-refractivity contribution in [2.45, 2.75) is 20.0 Å². The van der Waals surface area contributed by atoms with Gasteiger partial charge in [-0.1, -0.05) is 6.07 Å². The third kappa shape index (κ3) is 3.95. The van der Waals surface area contributed by atoms with E-state index in [2.05, 4.69) is 0 Å². The van der Waals surface area contributed by atoms with Gasteiger partial charge in [-0.25, -0.2) is 0 Å². The Hall–Kier alpha value is -2.93. The number of nitro benzene ring substituents is 1. The lowest BCUT2D eigenvalue weighted by molar-refractivity contribution is -0.385. The number of furan rings is 1. The van der Waals surface area contributed by atoms with Crippen molar-refractivity contribution < 1.29 is 14.1 Å². The van der Waals surface area contributed by atoms with Crippen molar-refractivity contribution in [3.05, 3.63) is 86.0 Å². The van der Waals surface area contributed by atoms with Gasteiger partial charge in [-0.3, -0.25) is 14.9 Å². The molecule has 1 aromatic carbocycles. The molecule has 0 unspecified atom stereocenters. The van der Waals surface area contributed by atoms with Crippen LogP contribution >= 0.6 is 11.3 Å². The summed E-state index contributed by atoms with van der Waals surface area (Å²) in [5.74, 6) is -0.174. The van der Waals surface area contributed by atoms with E-state index in [0.29, 0.717) is 24.2 Å². The predicted molar refractivity (Wildman–Crippen MR) is 94.4 cm³/mol.